The van der Waals surface area contributed by atoms with Crippen LogP contribution in [-0.2, 0) is 0 Å². The Morgan fingerprint density at radius 2 is 2.50 bits per heavy atom. The molecule has 0 saturated heterocycles. The molecule has 0 amide bonds. The van der Waals surface area contributed by atoms with Gasteiger partial charge in [0.15, 0.2) is 0 Å². The number of hydrogen-bond acceptors (Lipinski definition) is 3. The van der Waals surface area contributed by atoms with Gasteiger partial charge in [0, 0.05) is 4.78 Å². The Bertz CT molecular complexity index is 275. The Hall–Kier alpha value is -0.315. The molecular weight excluding hydrogens is 123 g/mol. The Morgan fingerprint density at radius 3 is 2.75 bits per heavy atom. The van der Waals surface area contributed by atoms with Gasteiger partial charge in [0.25, 0.3) is 0 Å². The van der Waals surface area contributed by atoms with Crippen LogP contribution in [0, 0.1) is 0 Å². The quantitative estimate of drug-likeness (QED) is 0.501. The molecule has 0 aliphatic rings. The average molecular weight is 131 g/mol. The van der Waals surface area contributed by atoms with E-state index in [2.05, 4.69) is 0 Å². The maximum atomic E-state index is 8.62. The van der Waals surface area contributed by atoms with E-state index in [1.807, 2.05) is 0 Å². The van der Waals surface area contributed by atoms with Crippen molar-refractivity contribution in [2.24, 2.45) is 0 Å². The molecule has 1 rings (SSSR count). The van der Waals surface area contributed by atoms with E-state index in [4.69, 9.17) is 14.2 Å². The summed E-state index contributed by atoms with van der Waals surface area (Å²) in [5.41, 5.74) is 0. The van der Waals surface area contributed by atoms with E-state index < -0.39 is 7.12 Å². The molecule has 0 atom stereocenters. The predicted octanol–water partition coefficient (Wildman–Crippen LogP) is -0.572. The van der Waals surface area contributed by atoms with Crippen molar-refractivity contribution in [3.63, 3.8) is 0 Å². The summed E-state index contributed by atoms with van der Waals surface area (Å²) < 4.78 is 21.2. The molecule has 0 unspecified atom stereocenters. The molecule has 8 heavy (non-hydrogen) atoms. The van der Waals surface area contributed by atoms with E-state index in [1.54, 1.807) is 0 Å². The second-order valence-corrected chi connectivity index (χ2v) is 2.04. The van der Waals surface area contributed by atoms with Crippen molar-refractivity contribution < 1.29 is 14.2 Å². The lowest BCUT2D eigenvalue weighted by atomic mass is 9.90. The van der Waals surface area contributed by atoms with Crippen molar-refractivity contribution in [2.75, 3.05) is 0 Å². The molecule has 0 aromatic carbocycles. The zero-order valence-electron chi connectivity index (χ0n) is 6.88. The van der Waals surface area contributed by atoms with Gasteiger partial charge in [-0.1, -0.05) is 12.1 Å². The van der Waals surface area contributed by atoms with Gasteiger partial charge < -0.3 is 10.0 Å². The molecule has 2 N–H and O–H groups in total. The Kier molecular flexibility index (Phi) is 0.866. The van der Waals surface area contributed by atoms with Crippen LogP contribution in [-0.4, -0.2) is 17.2 Å². The maximum absolute atomic E-state index is 8.62. The lowest BCUT2D eigenvalue weighted by molar-refractivity contribution is 0.427. The number of thiophene rings is 1. The first-order valence-electron chi connectivity index (χ1n) is 3.46. The fourth-order valence-corrected chi connectivity index (χ4v) is 0.730. The highest BCUT2D eigenvalue weighted by atomic mass is 32.1. The SMILES string of the molecule is [2H]c1sc(B(O)O)c([2H])c1[2H]. The summed E-state index contributed by atoms with van der Waals surface area (Å²) in [6.07, 6.45) is 0. The first kappa shape index (κ1) is 3.01. The highest BCUT2D eigenvalue weighted by molar-refractivity contribution is 7.20. The molecule has 0 saturated carbocycles. The monoisotopic (exact) mass is 131 g/mol. The lowest BCUT2D eigenvalue weighted by Gasteiger charge is -1.87. The zero-order chi connectivity index (χ0) is 8.59. The molecule has 1 heterocycles. The summed E-state index contributed by atoms with van der Waals surface area (Å²) >= 11 is 0.741. The topological polar surface area (TPSA) is 40.5 Å². The Labute approximate surface area is 55.8 Å². The van der Waals surface area contributed by atoms with Crippen LogP contribution in [0.1, 0.15) is 4.11 Å². The third kappa shape index (κ3) is 1.09. The summed E-state index contributed by atoms with van der Waals surface area (Å²) in [7, 11) is -1.74. The minimum absolute atomic E-state index is 0.0417. The van der Waals surface area contributed by atoms with Gasteiger partial charge in [-0.3, -0.25) is 0 Å². The summed E-state index contributed by atoms with van der Waals surface area (Å²) in [4.78, 5) is 0. The lowest BCUT2D eigenvalue weighted by Crippen LogP contribution is -2.26. The van der Waals surface area contributed by atoms with E-state index in [0.717, 1.165) is 11.3 Å². The van der Waals surface area contributed by atoms with Gasteiger partial charge in [0.05, 0.1) is 4.11 Å². The van der Waals surface area contributed by atoms with Crippen molar-refractivity contribution in [2.45, 2.75) is 0 Å². The first-order chi connectivity index (χ1) is 5.04. The fraction of sp³-hybridized carbons (Fsp3) is 0. The van der Waals surface area contributed by atoms with Gasteiger partial charge in [-0.25, -0.2) is 0 Å². The van der Waals surface area contributed by atoms with E-state index in [1.165, 1.54) is 0 Å². The summed E-state index contributed by atoms with van der Waals surface area (Å²) in [5, 5.41) is 17.1. The third-order valence-corrected chi connectivity index (χ3v) is 1.37. The van der Waals surface area contributed by atoms with Crippen LogP contribution in [0.4, 0.5) is 0 Å². The van der Waals surface area contributed by atoms with E-state index in [-0.39, 0.29) is 22.2 Å². The number of rotatable bonds is 1. The fourth-order valence-electron chi connectivity index (χ4n) is 0.310. The molecule has 0 radical (unpaired) electrons. The maximum Gasteiger partial charge on any atom is 0.499 e. The van der Waals surface area contributed by atoms with Crippen molar-refractivity contribution in [1.29, 1.82) is 0 Å². The van der Waals surface area contributed by atoms with Gasteiger partial charge >= 0.3 is 7.12 Å². The largest absolute Gasteiger partial charge is 0.499 e. The van der Waals surface area contributed by atoms with Crippen LogP contribution in [0.3, 0.4) is 0 Å². The molecule has 0 fully saturated rings. The van der Waals surface area contributed by atoms with Crippen LogP contribution < -0.4 is 4.78 Å². The van der Waals surface area contributed by atoms with Crippen molar-refractivity contribution in [3.8, 4) is 0 Å². The van der Waals surface area contributed by atoms with Gasteiger partial charge in [0.1, 0.15) is 0 Å². The second-order valence-electron chi connectivity index (χ2n) is 1.19. The summed E-state index contributed by atoms with van der Waals surface area (Å²) in [5.74, 6) is 0. The normalized spacial score (nSPS) is 14.5. The molecule has 1 aromatic rings. The standard InChI is InChI=1S/C4H5BO2S/c6-5(7)4-2-1-3-8-4/h1-3,6-7H/i1D,2D,3D. The smallest absolute Gasteiger partial charge is 0.423 e. The van der Waals surface area contributed by atoms with Crippen LogP contribution >= 0.6 is 11.3 Å². The summed E-state index contributed by atoms with van der Waals surface area (Å²) in [6, 6.07) is -0.520. The van der Waals surface area contributed by atoms with Gasteiger partial charge in [-0.15, -0.1) is 0 Å². The molecule has 0 aliphatic carbocycles. The molecule has 0 aliphatic heterocycles. The zero-order valence-corrected chi connectivity index (χ0v) is 4.70. The minimum Gasteiger partial charge on any atom is -0.423 e. The van der Waals surface area contributed by atoms with Crippen LogP contribution in [0.2, 0.25) is 0 Å². The Balaban J connectivity index is 3.19. The molecule has 0 spiro atoms. The number of hydrogen-bond donors (Lipinski definition) is 2. The van der Waals surface area contributed by atoms with E-state index in [0.29, 0.717) is 0 Å². The van der Waals surface area contributed by atoms with E-state index in [9.17, 15) is 0 Å². The molecule has 0 bridgehead atoms. The average Bonchev–Trinajstić information content (AvgIpc) is 2.17. The van der Waals surface area contributed by atoms with Crippen molar-refractivity contribution in [1.82, 2.24) is 0 Å². The molecule has 2 nitrogen and oxygen atoms in total. The summed E-state index contributed by atoms with van der Waals surface area (Å²) in [6.45, 7) is 0. The highest BCUT2D eigenvalue weighted by Crippen LogP contribution is 1.92. The van der Waals surface area contributed by atoms with Gasteiger partial charge in [-0.05, 0) is 5.36 Å². The Morgan fingerprint density at radius 1 is 1.75 bits per heavy atom. The molecule has 4 heteroatoms. The molecular formula is C4H5BO2S. The minimum atomic E-state index is -1.74. The van der Waals surface area contributed by atoms with E-state index >= 15 is 0 Å². The van der Waals surface area contributed by atoms with Crippen LogP contribution in [0.15, 0.2) is 17.4 Å². The third-order valence-electron chi connectivity index (χ3n) is 0.632. The first-order valence-corrected chi connectivity index (χ1v) is 2.78. The molecule has 42 valence electrons. The van der Waals surface area contributed by atoms with Crippen molar-refractivity contribution in [3.05, 3.63) is 17.4 Å². The molecule has 1 aromatic heterocycles. The van der Waals surface area contributed by atoms with Crippen LogP contribution in [0.25, 0.3) is 0 Å². The highest BCUT2D eigenvalue weighted by Gasteiger charge is 2.09. The van der Waals surface area contributed by atoms with Crippen molar-refractivity contribution >= 4 is 23.2 Å². The van der Waals surface area contributed by atoms with Gasteiger partial charge in [-0.2, -0.15) is 11.3 Å². The van der Waals surface area contributed by atoms with Gasteiger partial charge in [0.2, 0.25) is 0 Å². The van der Waals surface area contributed by atoms with Crippen LogP contribution in [0.5, 0.6) is 0 Å². The predicted molar refractivity (Wildman–Crippen MR) is 34.1 cm³/mol. The second kappa shape index (κ2) is 2.30.